The third-order valence-electron chi connectivity index (χ3n) is 6.88. The SMILES string of the molecule is Cc1cc(-c2ccc(N3CCOCC3)cc2)nc(-c2cccnc2)c1/N=C\N(C=O)C1CC[S+]([O-])CC1. The number of amides is 1. The molecule has 4 heterocycles. The van der Waals surface area contributed by atoms with Crippen molar-refractivity contribution in [2.24, 2.45) is 4.99 Å². The topological polar surface area (TPSA) is 94.0 Å². The van der Waals surface area contributed by atoms with E-state index in [1.807, 2.05) is 25.1 Å². The first-order valence-corrected chi connectivity index (χ1v) is 14.1. The van der Waals surface area contributed by atoms with Crippen LogP contribution in [0.15, 0.2) is 59.9 Å². The molecular weight excluding hydrogens is 486 g/mol. The fourth-order valence-electron chi connectivity index (χ4n) is 4.76. The summed E-state index contributed by atoms with van der Waals surface area (Å²) >= 11 is -0.788. The van der Waals surface area contributed by atoms with Crippen molar-refractivity contribution in [2.45, 2.75) is 25.8 Å². The Balaban J connectivity index is 1.46. The van der Waals surface area contributed by atoms with Crippen molar-refractivity contribution in [3.05, 3.63) is 60.4 Å². The Morgan fingerprint density at radius 1 is 1.14 bits per heavy atom. The number of aliphatic imine (C=N–C) groups is 1. The molecular formula is C28H31N5O3S. The van der Waals surface area contributed by atoms with Gasteiger partial charge in [0.25, 0.3) is 0 Å². The maximum absolute atomic E-state index is 11.9. The highest BCUT2D eigenvalue weighted by Gasteiger charge is 2.25. The van der Waals surface area contributed by atoms with Gasteiger partial charge >= 0.3 is 0 Å². The first kappa shape index (κ1) is 25.4. The summed E-state index contributed by atoms with van der Waals surface area (Å²) in [5, 5.41) is 0. The average Bonchev–Trinajstić information content (AvgIpc) is 2.95. The molecule has 0 aliphatic carbocycles. The molecule has 37 heavy (non-hydrogen) atoms. The molecule has 0 spiro atoms. The Morgan fingerprint density at radius 2 is 1.89 bits per heavy atom. The molecule has 2 fully saturated rings. The number of aryl methyl sites for hydroxylation is 1. The van der Waals surface area contributed by atoms with Crippen molar-refractivity contribution in [1.82, 2.24) is 14.9 Å². The molecule has 1 amide bonds. The largest absolute Gasteiger partial charge is 0.616 e. The summed E-state index contributed by atoms with van der Waals surface area (Å²) in [7, 11) is 0. The minimum atomic E-state index is -0.788. The lowest BCUT2D eigenvalue weighted by atomic mass is 10.0. The quantitative estimate of drug-likeness (QED) is 0.204. The number of hydrogen-bond acceptors (Lipinski definition) is 7. The summed E-state index contributed by atoms with van der Waals surface area (Å²) < 4.78 is 17.2. The second-order valence-corrected chi connectivity index (χ2v) is 11.0. The van der Waals surface area contributed by atoms with Gasteiger partial charge in [0, 0.05) is 61.2 Å². The molecule has 0 unspecified atom stereocenters. The van der Waals surface area contributed by atoms with Crippen LogP contribution in [0.3, 0.4) is 0 Å². The lowest BCUT2D eigenvalue weighted by Crippen LogP contribution is -2.39. The molecule has 0 bridgehead atoms. The van der Waals surface area contributed by atoms with E-state index in [2.05, 4.69) is 34.1 Å². The van der Waals surface area contributed by atoms with Crippen LogP contribution in [0.25, 0.3) is 22.5 Å². The first-order valence-electron chi connectivity index (χ1n) is 12.6. The standard InChI is InChI=1S/C28H31N5O3S/c1-21-17-26(22-4-6-24(7-5-22)32-11-13-36-14-12-32)31-28(23-3-2-10-29-18-23)27(21)30-19-33(20-34)25-8-15-37(35)16-9-25/h2-7,10,17-20,25H,8-9,11-16H2,1H3/b30-19-. The lowest BCUT2D eigenvalue weighted by molar-refractivity contribution is -0.116. The number of carbonyl (C=O) groups is 1. The van der Waals surface area contributed by atoms with Gasteiger partial charge in [0.05, 0.1) is 36.6 Å². The molecule has 0 N–H and O–H groups in total. The molecule has 5 rings (SSSR count). The van der Waals surface area contributed by atoms with Crippen LogP contribution in [-0.4, -0.2) is 76.0 Å². The van der Waals surface area contributed by atoms with Gasteiger partial charge in [-0.3, -0.25) is 9.78 Å². The molecule has 0 atom stereocenters. The van der Waals surface area contributed by atoms with Crippen LogP contribution in [0.4, 0.5) is 11.4 Å². The zero-order valence-electron chi connectivity index (χ0n) is 21.0. The number of rotatable bonds is 7. The Kier molecular flexibility index (Phi) is 8.13. The van der Waals surface area contributed by atoms with Crippen LogP contribution >= 0.6 is 0 Å². The third-order valence-corrected chi connectivity index (χ3v) is 8.26. The van der Waals surface area contributed by atoms with Crippen LogP contribution < -0.4 is 4.90 Å². The summed E-state index contributed by atoms with van der Waals surface area (Å²) in [4.78, 5) is 29.8. The van der Waals surface area contributed by atoms with E-state index < -0.39 is 11.2 Å². The summed E-state index contributed by atoms with van der Waals surface area (Å²) in [6.07, 6.45) is 7.33. The number of morpholine rings is 1. The molecule has 1 aromatic carbocycles. The summed E-state index contributed by atoms with van der Waals surface area (Å²) in [5.74, 6) is 1.23. The van der Waals surface area contributed by atoms with E-state index in [0.717, 1.165) is 55.1 Å². The summed E-state index contributed by atoms with van der Waals surface area (Å²) in [6.45, 7) is 5.30. The Labute approximate surface area is 220 Å². The van der Waals surface area contributed by atoms with Crippen LogP contribution in [0.5, 0.6) is 0 Å². The molecule has 2 aromatic heterocycles. The minimum Gasteiger partial charge on any atom is -0.616 e. The van der Waals surface area contributed by atoms with E-state index >= 15 is 0 Å². The number of benzene rings is 1. The van der Waals surface area contributed by atoms with E-state index in [-0.39, 0.29) is 6.04 Å². The van der Waals surface area contributed by atoms with Crippen molar-refractivity contribution in [3.63, 3.8) is 0 Å². The van der Waals surface area contributed by atoms with Gasteiger partial charge in [0.15, 0.2) is 0 Å². The molecule has 2 aliphatic rings. The van der Waals surface area contributed by atoms with Gasteiger partial charge in [0.2, 0.25) is 6.41 Å². The molecule has 0 saturated carbocycles. The lowest BCUT2D eigenvalue weighted by Gasteiger charge is -2.29. The third kappa shape index (κ3) is 6.01. The molecule has 2 aliphatic heterocycles. The van der Waals surface area contributed by atoms with Gasteiger partial charge in [0.1, 0.15) is 11.5 Å². The van der Waals surface area contributed by atoms with Crippen molar-refractivity contribution in [2.75, 3.05) is 42.7 Å². The van der Waals surface area contributed by atoms with Gasteiger partial charge in [-0.15, -0.1) is 0 Å². The minimum absolute atomic E-state index is 0.0123. The molecule has 2 saturated heterocycles. The number of ether oxygens (including phenoxy) is 1. The fourth-order valence-corrected chi connectivity index (χ4v) is 6.03. The van der Waals surface area contributed by atoms with Crippen LogP contribution in [-0.2, 0) is 20.7 Å². The highest BCUT2D eigenvalue weighted by molar-refractivity contribution is 7.91. The van der Waals surface area contributed by atoms with Crippen LogP contribution in [0.1, 0.15) is 18.4 Å². The first-order chi connectivity index (χ1) is 18.1. The highest BCUT2D eigenvalue weighted by atomic mass is 32.2. The number of nitrogens with zero attached hydrogens (tertiary/aromatic N) is 5. The van der Waals surface area contributed by atoms with Crippen molar-refractivity contribution in [1.29, 1.82) is 0 Å². The van der Waals surface area contributed by atoms with Gasteiger partial charge in [-0.05, 0) is 42.8 Å². The molecule has 8 nitrogen and oxygen atoms in total. The number of anilines is 1. The van der Waals surface area contributed by atoms with Gasteiger partial charge < -0.3 is 19.1 Å². The smallest absolute Gasteiger partial charge is 0.215 e. The van der Waals surface area contributed by atoms with E-state index in [0.29, 0.717) is 35.7 Å². The zero-order chi connectivity index (χ0) is 25.6. The number of pyridine rings is 2. The van der Waals surface area contributed by atoms with Gasteiger partial charge in [-0.25, -0.2) is 9.98 Å². The van der Waals surface area contributed by atoms with Crippen LogP contribution in [0.2, 0.25) is 0 Å². The number of hydrogen-bond donors (Lipinski definition) is 0. The number of aromatic nitrogens is 2. The normalized spacial score (nSPS) is 20.2. The summed E-state index contributed by atoms with van der Waals surface area (Å²) in [5.41, 5.74) is 6.28. The average molecular weight is 518 g/mol. The fraction of sp³-hybridized carbons (Fsp3) is 0.357. The molecule has 0 radical (unpaired) electrons. The second kappa shape index (κ2) is 11.9. The van der Waals surface area contributed by atoms with E-state index in [1.165, 1.54) is 5.69 Å². The Morgan fingerprint density at radius 3 is 2.57 bits per heavy atom. The van der Waals surface area contributed by atoms with E-state index in [4.69, 9.17) is 14.7 Å². The predicted molar refractivity (Wildman–Crippen MR) is 148 cm³/mol. The van der Waals surface area contributed by atoms with E-state index in [9.17, 15) is 9.35 Å². The molecule has 9 heteroatoms. The predicted octanol–water partition coefficient (Wildman–Crippen LogP) is 3.98. The Bertz CT molecular complexity index is 1220. The maximum atomic E-state index is 11.9. The monoisotopic (exact) mass is 517 g/mol. The second-order valence-electron chi connectivity index (χ2n) is 9.29. The molecule has 192 valence electrons. The maximum Gasteiger partial charge on any atom is 0.215 e. The number of carbonyl (C=O) groups excluding carboxylic acids is 1. The van der Waals surface area contributed by atoms with Crippen molar-refractivity contribution < 1.29 is 14.1 Å². The summed E-state index contributed by atoms with van der Waals surface area (Å²) in [6, 6.07) is 14.4. The Hall–Kier alpha value is -3.27. The van der Waals surface area contributed by atoms with Gasteiger partial charge in [-0.2, -0.15) is 0 Å². The molecule has 3 aromatic rings. The van der Waals surface area contributed by atoms with Crippen molar-refractivity contribution >= 4 is 35.3 Å². The van der Waals surface area contributed by atoms with Crippen molar-refractivity contribution in [3.8, 4) is 22.5 Å². The van der Waals surface area contributed by atoms with Gasteiger partial charge in [-0.1, -0.05) is 23.3 Å². The van der Waals surface area contributed by atoms with E-state index in [1.54, 1.807) is 23.6 Å². The highest BCUT2D eigenvalue weighted by Crippen LogP contribution is 2.35. The zero-order valence-corrected chi connectivity index (χ0v) is 21.8. The van der Waals surface area contributed by atoms with Crippen LogP contribution in [0, 0.1) is 6.92 Å².